The fourth-order valence-corrected chi connectivity index (χ4v) is 2.22. The van der Waals surface area contributed by atoms with E-state index in [0.29, 0.717) is 17.9 Å². The van der Waals surface area contributed by atoms with E-state index in [1.54, 1.807) is 0 Å². The number of rotatable bonds is 3. The van der Waals surface area contributed by atoms with Crippen LogP contribution in [0.25, 0.3) is 0 Å². The summed E-state index contributed by atoms with van der Waals surface area (Å²) in [6.07, 6.45) is 3.63. The first-order chi connectivity index (χ1) is 7.83. The predicted molar refractivity (Wildman–Crippen MR) is 65.5 cm³/mol. The van der Waals surface area contributed by atoms with E-state index in [0.717, 1.165) is 13.0 Å². The van der Waals surface area contributed by atoms with Crippen LogP contribution in [0, 0.1) is 0 Å². The molecule has 0 aliphatic heterocycles. The lowest BCUT2D eigenvalue weighted by Crippen LogP contribution is -2.34. The van der Waals surface area contributed by atoms with Gasteiger partial charge in [-0.3, -0.25) is 4.99 Å². The van der Waals surface area contributed by atoms with Crippen LogP contribution in [0.1, 0.15) is 29.9 Å². The number of aliphatic imine (C=N–C) groups is 1. The average molecular weight is 215 g/mol. The molecular weight excluding hydrogens is 198 g/mol. The Bertz CT molecular complexity index is 421. The summed E-state index contributed by atoms with van der Waals surface area (Å²) in [5.74, 6) is 1.20. The summed E-state index contributed by atoms with van der Waals surface area (Å²) >= 11 is 0. The third-order valence-electron chi connectivity index (χ3n) is 3.37. The van der Waals surface area contributed by atoms with Crippen molar-refractivity contribution in [3.8, 4) is 0 Å². The largest absolute Gasteiger partial charge is 0.370 e. The molecule has 0 radical (unpaired) electrons. The summed E-state index contributed by atoms with van der Waals surface area (Å²) in [5, 5.41) is 3.21. The molecule has 3 nitrogen and oxygen atoms in total. The van der Waals surface area contributed by atoms with Crippen LogP contribution in [0.2, 0.25) is 0 Å². The van der Waals surface area contributed by atoms with Crippen molar-refractivity contribution >= 4 is 5.96 Å². The highest BCUT2D eigenvalue weighted by Gasteiger charge is 2.25. The van der Waals surface area contributed by atoms with Gasteiger partial charge in [0.15, 0.2) is 5.96 Å². The molecule has 1 saturated carbocycles. The van der Waals surface area contributed by atoms with Crippen LogP contribution in [0.15, 0.2) is 29.3 Å². The first-order valence-electron chi connectivity index (χ1n) is 5.97. The molecule has 1 fully saturated rings. The average Bonchev–Trinajstić information content (AvgIpc) is 3.03. The lowest BCUT2D eigenvalue weighted by atomic mass is 9.78. The van der Waals surface area contributed by atoms with Gasteiger partial charge in [-0.25, -0.2) is 0 Å². The van der Waals surface area contributed by atoms with Crippen molar-refractivity contribution < 1.29 is 0 Å². The summed E-state index contributed by atoms with van der Waals surface area (Å²) in [6.45, 7) is 0.822. The number of hydrogen-bond acceptors (Lipinski definition) is 1. The maximum Gasteiger partial charge on any atom is 0.188 e. The molecule has 3 heteroatoms. The third kappa shape index (κ3) is 1.90. The van der Waals surface area contributed by atoms with E-state index in [-0.39, 0.29) is 0 Å². The number of fused-ring (bicyclic) bond motifs is 1. The number of hydrogen-bond donors (Lipinski definition) is 2. The molecule has 1 aromatic carbocycles. The molecule has 1 atom stereocenters. The maximum absolute atomic E-state index is 5.80. The molecule has 2 aliphatic rings. The number of nitrogens with two attached hydrogens (primary N) is 1. The molecule has 0 amide bonds. The Hall–Kier alpha value is -1.51. The monoisotopic (exact) mass is 215 g/mol. The number of nitrogens with zero attached hydrogens (tertiary/aromatic N) is 1. The predicted octanol–water partition coefficient (Wildman–Crippen LogP) is 1.39. The van der Waals surface area contributed by atoms with Crippen LogP contribution in [-0.2, 0) is 6.42 Å². The Morgan fingerprint density at radius 3 is 2.94 bits per heavy atom. The van der Waals surface area contributed by atoms with Gasteiger partial charge in [0.05, 0.1) is 0 Å². The first kappa shape index (κ1) is 9.70. The van der Waals surface area contributed by atoms with Crippen molar-refractivity contribution in [3.05, 3.63) is 35.4 Å². The van der Waals surface area contributed by atoms with E-state index in [2.05, 4.69) is 34.6 Å². The van der Waals surface area contributed by atoms with E-state index >= 15 is 0 Å². The zero-order valence-electron chi connectivity index (χ0n) is 9.32. The molecule has 1 unspecified atom stereocenters. The molecule has 3 rings (SSSR count). The molecule has 1 aromatic rings. The highest BCUT2D eigenvalue weighted by molar-refractivity contribution is 5.78. The number of guanidine groups is 1. The van der Waals surface area contributed by atoms with E-state index in [4.69, 9.17) is 5.73 Å². The highest BCUT2D eigenvalue weighted by Crippen LogP contribution is 2.34. The van der Waals surface area contributed by atoms with Crippen LogP contribution in [-0.4, -0.2) is 18.5 Å². The van der Waals surface area contributed by atoms with E-state index in [9.17, 15) is 0 Å². The summed E-state index contributed by atoms with van der Waals surface area (Å²) in [4.78, 5) is 4.41. The lowest BCUT2D eigenvalue weighted by Gasteiger charge is -2.28. The molecular formula is C13H17N3. The fourth-order valence-electron chi connectivity index (χ4n) is 2.22. The van der Waals surface area contributed by atoms with Gasteiger partial charge in [-0.2, -0.15) is 0 Å². The van der Waals surface area contributed by atoms with Gasteiger partial charge >= 0.3 is 0 Å². The quantitative estimate of drug-likeness (QED) is 0.591. The SMILES string of the molecule is NC(=NCC1Cc2ccccc21)NC1CC1. The van der Waals surface area contributed by atoms with Crippen molar-refractivity contribution in [3.63, 3.8) is 0 Å². The molecule has 16 heavy (non-hydrogen) atoms. The highest BCUT2D eigenvalue weighted by atomic mass is 15.1. The minimum Gasteiger partial charge on any atom is -0.370 e. The summed E-state index contributed by atoms with van der Waals surface area (Å²) in [7, 11) is 0. The molecule has 0 saturated heterocycles. The Morgan fingerprint density at radius 1 is 1.38 bits per heavy atom. The zero-order chi connectivity index (χ0) is 11.0. The minimum absolute atomic E-state index is 0.579. The van der Waals surface area contributed by atoms with Crippen molar-refractivity contribution in [2.45, 2.75) is 31.2 Å². The van der Waals surface area contributed by atoms with E-state index in [1.165, 1.54) is 24.0 Å². The summed E-state index contributed by atoms with van der Waals surface area (Å²) in [6, 6.07) is 9.18. The molecule has 3 N–H and O–H groups in total. The van der Waals surface area contributed by atoms with Crippen molar-refractivity contribution in [2.24, 2.45) is 10.7 Å². The van der Waals surface area contributed by atoms with Gasteiger partial charge < -0.3 is 11.1 Å². The van der Waals surface area contributed by atoms with Crippen molar-refractivity contribution in [1.29, 1.82) is 0 Å². The van der Waals surface area contributed by atoms with Crippen LogP contribution in [0.5, 0.6) is 0 Å². The van der Waals surface area contributed by atoms with Gasteiger partial charge in [-0.15, -0.1) is 0 Å². The minimum atomic E-state index is 0.579. The molecule has 2 aliphatic carbocycles. The van der Waals surface area contributed by atoms with Crippen LogP contribution < -0.4 is 11.1 Å². The number of nitrogens with one attached hydrogen (secondary N) is 1. The second-order valence-corrected chi connectivity index (χ2v) is 4.74. The Labute approximate surface area is 95.8 Å². The number of benzene rings is 1. The standard InChI is InChI=1S/C13H17N3/c14-13(16-11-5-6-11)15-8-10-7-9-3-1-2-4-12(9)10/h1-4,10-11H,5-8H2,(H3,14,15,16). The Morgan fingerprint density at radius 2 is 2.19 bits per heavy atom. The van der Waals surface area contributed by atoms with Crippen LogP contribution in [0.4, 0.5) is 0 Å². The van der Waals surface area contributed by atoms with Gasteiger partial charge in [0.25, 0.3) is 0 Å². The normalized spacial score (nSPS) is 23.5. The first-order valence-corrected chi connectivity index (χ1v) is 5.97. The summed E-state index contributed by atoms with van der Waals surface area (Å²) in [5.41, 5.74) is 8.72. The van der Waals surface area contributed by atoms with Gasteiger partial charge in [0, 0.05) is 18.5 Å². The molecule has 0 heterocycles. The topological polar surface area (TPSA) is 50.4 Å². The van der Waals surface area contributed by atoms with Gasteiger partial charge in [-0.1, -0.05) is 24.3 Å². The second-order valence-electron chi connectivity index (χ2n) is 4.74. The fraction of sp³-hybridized carbons (Fsp3) is 0.462. The zero-order valence-corrected chi connectivity index (χ0v) is 9.32. The van der Waals surface area contributed by atoms with Gasteiger partial charge in [0.1, 0.15) is 0 Å². The molecule has 0 bridgehead atoms. The van der Waals surface area contributed by atoms with E-state index < -0.39 is 0 Å². The molecule has 0 spiro atoms. The van der Waals surface area contributed by atoms with Crippen LogP contribution >= 0.6 is 0 Å². The third-order valence-corrected chi connectivity index (χ3v) is 3.37. The smallest absolute Gasteiger partial charge is 0.188 e. The second kappa shape index (κ2) is 3.81. The van der Waals surface area contributed by atoms with Gasteiger partial charge in [-0.05, 0) is 30.4 Å². The molecule has 84 valence electrons. The Balaban J connectivity index is 1.57. The maximum atomic E-state index is 5.80. The van der Waals surface area contributed by atoms with Crippen LogP contribution in [0.3, 0.4) is 0 Å². The van der Waals surface area contributed by atoms with Crippen molar-refractivity contribution in [2.75, 3.05) is 6.54 Å². The van der Waals surface area contributed by atoms with Gasteiger partial charge in [0.2, 0.25) is 0 Å². The van der Waals surface area contributed by atoms with E-state index in [1.807, 2.05) is 0 Å². The Kier molecular flexibility index (Phi) is 2.31. The lowest BCUT2D eigenvalue weighted by molar-refractivity contribution is 0.617. The molecule has 0 aromatic heterocycles. The van der Waals surface area contributed by atoms with Crippen molar-refractivity contribution in [1.82, 2.24) is 5.32 Å². The summed E-state index contributed by atoms with van der Waals surface area (Å²) < 4.78 is 0.